The Morgan fingerprint density at radius 2 is 1.84 bits per heavy atom. The predicted molar refractivity (Wildman–Crippen MR) is 116 cm³/mol. The highest BCUT2D eigenvalue weighted by molar-refractivity contribution is 6.31. The molecular formula is C22H18Cl2N4O4. The van der Waals surface area contributed by atoms with Gasteiger partial charge in [0.2, 0.25) is 23.6 Å². The number of hydrogen-bond donors (Lipinski definition) is 3. The third-order valence-electron chi connectivity index (χ3n) is 6.48. The average molecular weight is 473 g/mol. The first-order valence-corrected chi connectivity index (χ1v) is 10.8. The molecule has 0 aliphatic carbocycles. The van der Waals surface area contributed by atoms with Gasteiger partial charge in [0, 0.05) is 33.8 Å². The molecule has 4 atom stereocenters. The van der Waals surface area contributed by atoms with Crippen LogP contribution in [0.2, 0.25) is 10.0 Å². The van der Waals surface area contributed by atoms with Gasteiger partial charge in [0.25, 0.3) is 0 Å². The molecule has 4 N–H and O–H groups in total. The minimum absolute atomic E-state index is 0.0340. The molecule has 3 aliphatic rings. The number of nitrogens with two attached hydrogens (primary N) is 1. The summed E-state index contributed by atoms with van der Waals surface area (Å²) in [5, 5.41) is 6.69. The summed E-state index contributed by atoms with van der Waals surface area (Å²) in [5.41, 5.74) is 5.46. The van der Waals surface area contributed by atoms with E-state index in [-0.39, 0.29) is 13.0 Å². The van der Waals surface area contributed by atoms with E-state index >= 15 is 0 Å². The Morgan fingerprint density at radius 3 is 2.56 bits per heavy atom. The number of hydrogen-bond acceptors (Lipinski definition) is 5. The maximum Gasteiger partial charge on any atom is 0.250 e. The number of primary amides is 1. The van der Waals surface area contributed by atoms with E-state index in [1.54, 1.807) is 42.5 Å². The summed E-state index contributed by atoms with van der Waals surface area (Å²) in [6.07, 6.45) is -0.203. The second kappa shape index (κ2) is 7.30. The third-order valence-corrected chi connectivity index (χ3v) is 7.08. The molecule has 0 unspecified atom stereocenters. The van der Waals surface area contributed by atoms with Gasteiger partial charge in [-0.15, -0.1) is 0 Å². The summed E-state index contributed by atoms with van der Waals surface area (Å²) in [4.78, 5) is 53.2. The lowest BCUT2D eigenvalue weighted by molar-refractivity contribution is -0.143. The van der Waals surface area contributed by atoms with Gasteiger partial charge in [-0.05, 0) is 29.8 Å². The standard InChI is InChI=1S/C22H18Cl2N4O4/c23-11-5-6-14-12(7-11)22(21(32)26-14)18-17(15(27-22)8-16(25)29)19(30)28(20(18)31)9-10-3-1-2-4-13(10)24/h1-7,15,17-18,27H,8-9H2,(H2,25,29)(H,26,32)/t15-,17-,18+,22-/m1/s1. The van der Waals surface area contributed by atoms with E-state index in [9.17, 15) is 19.2 Å². The molecular weight excluding hydrogens is 455 g/mol. The number of carbonyl (C=O) groups is 4. The van der Waals surface area contributed by atoms with E-state index in [1.165, 1.54) is 0 Å². The van der Waals surface area contributed by atoms with Crippen LogP contribution in [0.15, 0.2) is 42.5 Å². The SMILES string of the molecule is NC(=O)C[C@H]1N[C@@]2(C(=O)Nc3ccc(Cl)cc32)[C@@H]2C(=O)N(Cc3ccccc3Cl)C(=O)[C@@H]21. The van der Waals surface area contributed by atoms with Crippen LogP contribution in [0.3, 0.4) is 0 Å². The van der Waals surface area contributed by atoms with Gasteiger partial charge in [-0.3, -0.25) is 29.4 Å². The quantitative estimate of drug-likeness (QED) is 0.585. The summed E-state index contributed by atoms with van der Waals surface area (Å²) in [6, 6.07) is 11.0. The van der Waals surface area contributed by atoms with Crippen LogP contribution in [-0.4, -0.2) is 34.6 Å². The fourth-order valence-corrected chi connectivity index (χ4v) is 5.55. The number of fused-ring (bicyclic) bond motifs is 4. The zero-order valence-corrected chi connectivity index (χ0v) is 18.1. The Labute approximate surface area is 193 Å². The van der Waals surface area contributed by atoms with Crippen molar-refractivity contribution in [1.82, 2.24) is 10.2 Å². The van der Waals surface area contributed by atoms with Gasteiger partial charge in [0.1, 0.15) is 5.54 Å². The van der Waals surface area contributed by atoms with E-state index in [0.29, 0.717) is 26.9 Å². The van der Waals surface area contributed by atoms with Crippen LogP contribution >= 0.6 is 23.2 Å². The summed E-state index contributed by atoms with van der Waals surface area (Å²) in [7, 11) is 0. The lowest BCUT2D eigenvalue weighted by atomic mass is 9.76. The number of likely N-dealkylation sites (tertiary alicyclic amines) is 1. The van der Waals surface area contributed by atoms with Gasteiger partial charge >= 0.3 is 0 Å². The van der Waals surface area contributed by atoms with E-state index < -0.39 is 47.0 Å². The second-order valence-corrected chi connectivity index (χ2v) is 9.07. The van der Waals surface area contributed by atoms with Crippen molar-refractivity contribution in [2.45, 2.75) is 24.5 Å². The number of anilines is 1. The molecule has 164 valence electrons. The van der Waals surface area contributed by atoms with Crippen molar-refractivity contribution in [3.05, 3.63) is 63.6 Å². The molecule has 8 nitrogen and oxygen atoms in total. The number of carbonyl (C=O) groups excluding carboxylic acids is 4. The van der Waals surface area contributed by atoms with Crippen molar-refractivity contribution in [3.63, 3.8) is 0 Å². The molecule has 10 heteroatoms. The van der Waals surface area contributed by atoms with Crippen LogP contribution in [0.1, 0.15) is 17.5 Å². The van der Waals surface area contributed by atoms with Crippen molar-refractivity contribution >= 4 is 52.5 Å². The minimum Gasteiger partial charge on any atom is -0.370 e. The predicted octanol–water partition coefficient (Wildman–Crippen LogP) is 1.79. The van der Waals surface area contributed by atoms with Crippen molar-refractivity contribution in [1.29, 1.82) is 0 Å². The van der Waals surface area contributed by atoms with Gasteiger partial charge in [-0.2, -0.15) is 0 Å². The summed E-state index contributed by atoms with van der Waals surface area (Å²) < 4.78 is 0. The number of amides is 4. The maximum atomic E-state index is 13.6. The fraction of sp³-hybridized carbons (Fsp3) is 0.273. The number of nitrogens with zero attached hydrogens (tertiary/aromatic N) is 1. The van der Waals surface area contributed by atoms with Gasteiger partial charge in [-0.1, -0.05) is 41.4 Å². The van der Waals surface area contributed by atoms with Crippen molar-refractivity contribution in [2.24, 2.45) is 17.6 Å². The van der Waals surface area contributed by atoms with E-state index in [0.717, 1.165) is 4.90 Å². The molecule has 2 aromatic carbocycles. The molecule has 0 aromatic heterocycles. The van der Waals surface area contributed by atoms with Crippen molar-refractivity contribution in [2.75, 3.05) is 5.32 Å². The first-order valence-electron chi connectivity index (χ1n) is 10.00. The molecule has 0 saturated carbocycles. The Morgan fingerprint density at radius 1 is 1.09 bits per heavy atom. The molecule has 5 rings (SSSR count). The van der Waals surface area contributed by atoms with E-state index in [1.807, 2.05) is 0 Å². The lowest BCUT2D eigenvalue weighted by Crippen LogP contribution is -2.53. The smallest absolute Gasteiger partial charge is 0.250 e. The first kappa shape index (κ1) is 20.9. The number of halogens is 2. The van der Waals surface area contributed by atoms with Gasteiger partial charge in [0.05, 0.1) is 18.4 Å². The summed E-state index contributed by atoms with van der Waals surface area (Å²) in [5.74, 6) is -4.10. The second-order valence-electron chi connectivity index (χ2n) is 8.23. The van der Waals surface area contributed by atoms with Gasteiger partial charge in [-0.25, -0.2) is 0 Å². The highest BCUT2D eigenvalue weighted by Gasteiger charge is 2.70. The lowest BCUT2D eigenvalue weighted by Gasteiger charge is -2.29. The fourth-order valence-electron chi connectivity index (χ4n) is 5.18. The maximum absolute atomic E-state index is 13.6. The molecule has 0 radical (unpaired) electrons. The monoisotopic (exact) mass is 472 g/mol. The third kappa shape index (κ3) is 2.87. The topological polar surface area (TPSA) is 122 Å². The normalized spacial score (nSPS) is 28.2. The van der Waals surface area contributed by atoms with Crippen LogP contribution in [0.5, 0.6) is 0 Å². The van der Waals surface area contributed by atoms with Crippen LogP contribution in [0.25, 0.3) is 0 Å². The number of nitrogens with one attached hydrogen (secondary N) is 2. The molecule has 0 bridgehead atoms. The molecule has 4 amide bonds. The molecule has 3 aliphatic heterocycles. The number of benzene rings is 2. The summed E-state index contributed by atoms with van der Waals surface area (Å²) in [6.45, 7) is -0.0340. The first-order chi connectivity index (χ1) is 15.2. The van der Waals surface area contributed by atoms with Crippen LogP contribution in [0.4, 0.5) is 5.69 Å². The van der Waals surface area contributed by atoms with Crippen molar-refractivity contribution < 1.29 is 19.2 Å². The average Bonchev–Trinajstić information content (AvgIpc) is 3.30. The molecule has 3 heterocycles. The Kier molecular flexibility index (Phi) is 4.77. The van der Waals surface area contributed by atoms with Crippen LogP contribution in [0, 0.1) is 11.8 Å². The highest BCUT2D eigenvalue weighted by Crippen LogP contribution is 2.54. The minimum atomic E-state index is -1.53. The zero-order chi connectivity index (χ0) is 22.8. The summed E-state index contributed by atoms with van der Waals surface area (Å²) >= 11 is 12.4. The molecule has 1 spiro atoms. The Bertz CT molecular complexity index is 1200. The number of rotatable bonds is 4. The highest BCUT2D eigenvalue weighted by atomic mass is 35.5. The molecule has 32 heavy (non-hydrogen) atoms. The van der Waals surface area contributed by atoms with Gasteiger partial charge < -0.3 is 11.1 Å². The van der Waals surface area contributed by atoms with Crippen molar-refractivity contribution in [3.8, 4) is 0 Å². The Hall–Kier alpha value is -2.94. The van der Waals surface area contributed by atoms with E-state index in [4.69, 9.17) is 28.9 Å². The number of imide groups is 1. The van der Waals surface area contributed by atoms with E-state index in [2.05, 4.69) is 10.6 Å². The zero-order valence-electron chi connectivity index (χ0n) is 16.6. The largest absolute Gasteiger partial charge is 0.370 e. The Balaban J connectivity index is 1.62. The molecule has 2 aromatic rings. The molecule has 2 fully saturated rings. The molecule has 2 saturated heterocycles. The van der Waals surface area contributed by atoms with Crippen LogP contribution in [-0.2, 0) is 31.3 Å². The van der Waals surface area contributed by atoms with Crippen LogP contribution < -0.4 is 16.4 Å². The van der Waals surface area contributed by atoms with Gasteiger partial charge in [0.15, 0.2) is 0 Å².